The lowest BCUT2D eigenvalue weighted by atomic mass is 10.1. The number of benzene rings is 7. The highest BCUT2D eigenvalue weighted by Gasteiger charge is 2.43. The van der Waals surface area contributed by atoms with Crippen LogP contribution in [0.2, 0.25) is 0 Å². The van der Waals surface area contributed by atoms with E-state index in [4.69, 9.17) is 0 Å². The zero-order chi connectivity index (χ0) is 29.8. The first-order chi connectivity index (χ1) is 22.3. The summed E-state index contributed by atoms with van der Waals surface area (Å²) >= 11 is 1.94. The Hall–Kier alpha value is -5.22. The largest absolute Gasteiger partial charge is 0.309 e. The van der Waals surface area contributed by atoms with Crippen LogP contribution in [0.25, 0.3) is 47.7 Å². The molecular weight excluding hydrogens is 579 g/mol. The Morgan fingerprint density at radius 2 is 0.844 bits per heavy atom. The molecule has 0 unspecified atom stereocenters. The highest BCUT2D eigenvalue weighted by molar-refractivity contribution is 7.30. The van der Waals surface area contributed by atoms with Crippen molar-refractivity contribution in [3.63, 3.8) is 0 Å². The summed E-state index contributed by atoms with van der Waals surface area (Å²) in [4.78, 5) is 0. The summed E-state index contributed by atoms with van der Waals surface area (Å²) in [7, 11) is -2.81. The Balaban J connectivity index is 1.52. The van der Waals surface area contributed by atoms with Gasteiger partial charge in [-0.25, -0.2) is 0 Å². The molecule has 0 aliphatic heterocycles. The average molecular weight is 608 g/mol. The zero-order valence-electron chi connectivity index (χ0n) is 24.6. The van der Waals surface area contributed by atoms with Crippen molar-refractivity contribution in [3.05, 3.63) is 176 Å². The standard InChI is InChI=1S/C42H29NSSi/c1-4-16-31(17-5-1)45(32-18-6-2-7-19-32,33-20-8-3-9-21-33)41-29-30(28-37-36-24-12-15-27-40(36)44-42(37)41)43-38-25-13-10-22-34(38)35-23-11-14-26-39(35)43/h1-29H. The van der Waals surface area contributed by atoms with Crippen LogP contribution in [0, 0.1) is 0 Å². The second kappa shape index (κ2) is 10.4. The van der Waals surface area contributed by atoms with Crippen molar-refractivity contribution >= 4 is 82.1 Å². The van der Waals surface area contributed by atoms with Gasteiger partial charge in [0.25, 0.3) is 0 Å². The summed E-state index contributed by atoms with van der Waals surface area (Å²) in [6, 6.07) is 65.4. The predicted molar refractivity (Wildman–Crippen MR) is 197 cm³/mol. The number of aromatic nitrogens is 1. The monoisotopic (exact) mass is 607 g/mol. The highest BCUT2D eigenvalue weighted by atomic mass is 32.1. The molecule has 0 atom stereocenters. The van der Waals surface area contributed by atoms with Gasteiger partial charge in [-0.1, -0.05) is 146 Å². The van der Waals surface area contributed by atoms with Crippen molar-refractivity contribution in [1.29, 1.82) is 0 Å². The van der Waals surface area contributed by atoms with Gasteiger partial charge in [0.15, 0.2) is 8.07 Å². The van der Waals surface area contributed by atoms with Crippen LogP contribution in [0.3, 0.4) is 0 Å². The first-order valence-electron chi connectivity index (χ1n) is 15.4. The van der Waals surface area contributed by atoms with E-state index in [-0.39, 0.29) is 0 Å². The van der Waals surface area contributed by atoms with Gasteiger partial charge >= 0.3 is 0 Å². The minimum Gasteiger partial charge on any atom is -0.309 e. The molecule has 9 rings (SSSR count). The molecule has 0 bridgehead atoms. The van der Waals surface area contributed by atoms with Crippen LogP contribution in [-0.4, -0.2) is 12.6 Å². The smallest absolute Gasteiger partial charge is 0.181 e. The second-order valence-corrected chi connectivity index (χ2v) is 16.5. The van der Waals surface area contributed by atoms with Crippen LogP contribution < -0.4 is 20.7 Å². The van der Waals surface area contributed by atoms with E-state index in [9.17, 15) is 0 Å². The number of nitrogens with zero attached hydrogens (tertiary/aromatic N) is 1. The van der Waals surface area contributed by atoms with Crippen molar-refractivity contribution in [3.8, 4) is 5.69 Å². The van der Waals surface area contributed by atoms with Gasteiger partial charge in [0.05, 0.1) is 11.0 Å². The normalized spacial score (nSPS) is 12.0. The topological polar surface area (TPSA) is 4.93 Å². The fraction of sp³-hybridized carbons (Fsp3) is 0. The minimum atomic E-state index is -2.81. The molecule has 0 aliphatic rings. The Labute approximate surface area is 267 Å². The molecule has 7 aromatic carbocycles. The molecule has 1 nitrogen and oxygen atoms in total. The number of hydrogen-bond donors (Lipinski definition) is 0. The van der Waals surface area contributed by atoms with Crippen LogP contribution in [0.4, 0.5) is 0 Å². The molecule has 0 fully saturated rings. The minimum absolute atomic E-state index is 1.21. The zero-order valence-corrected chi connectivity index (χ0v) is 26.4. The van der Waals surface area contributed by atoms with E-state index >= 15 is 0 Å². The fourth-order valence-corrected chi connectivity index (χ4v) is 14.0. The summed E-state index contributed by atoms with van der Waals surface area (Å²) in [5, 5.41) is 10.8. The maximum atomic E-state index is 2.54. The number of fused-ring (bicyclic) bond motifs is 6. The molecule has 2 aromatic heterocycles. The second-order valence-electron chi connectivity index (χ2n) is 11.7. The summed E-state index contributed by atoms with van der Waals surface area (Å²) < 4.78 is 5.19. The molecule has 212 valence electrons. The van der Waals surface area contributed by atoms with Crippen molar-refractivity contribution < 1.29 is 0 Å². The summed E-state index contributed by atoms with van der Waals surface area (Å²) in [6.07, 6.45) is 0. The average Bonchev–Trinajstić information content (AvgIpc) is 3.66. The van der Waals surface area contributed by atoms with Crippen molar-refractivity contribution in [2.75, 3.05) is 0 Å². The van der Waals surface area contributed by atoms with E-state index in [0.717, 1.165) is 0 Å². The molecule has 0 amide bonds. The Kier molecular flexibility index (Phi) is 6.08. The van der Waals surface area contributed by atoms with E-state index in [2.05, 4.69) is 180 Å². The van der Waals surface area contributed by atoms with Crippen LogP contribution in [-0.2, 0) is 0 Å². The Morgan fingerprint density at radius 3 is 1.38 bits per heavy atom. The maximum Gasteiger partial charge on any atom is 0.181 e. The van der Waals surface area contributed by atoms with E-state index in [1.807, 2.05) is 11.3 Å². The van der Waals surface area contributed by atoms with Crippen molar-refractivity contribution in [2.45, 2.75) is 0 Å². The van der Waals surface area contributed by atoms with Gasteiger partial charge in [-0.05, 0) is 51.1 Å². The van der Waals surface area contributed by atoms with Gasteiger partial charge in [-0.2, -0.15) is 0 Å². The SMILES string of the molecule is c1ccc([Si](c2ccccc2)(c2ccccc2)c2cc(-n3c4ccccc4c4ccccc43)cc3c2sc2ccccc23)cc1. The summed E-state index contributed by atoms with van der Waals surface area (Å²) in [6.45, 7) is 0. The lowest BCUT2D eigenvalue weighted by Gasteiger charge is -2.35. The molecular formula is C42H29NSSi. The summed E-state index contributed by atoms with van der Waals surface area (Å²) in [5.41, 5.74) is 3.67. The van der Waals surface area contributed by atoms with Gasteiger partial charge in [0.2, 0.25) is 0 Å². The van der Waals surface area contributed by atoms with E-state index < -0.39 is 8.07 Å². The fourth-order valence-electron chi connectivity index (χ4n) is 7.45. The summed E-state index contributed by atoms with van der Waals surface area (Å²) in [5.74, 6) is 0. The van der Waals surface area contributed by atoms with Crippen molar-refractivity contribution in [1.82, 2.24) is 4.57 Å². The molecule has 0 N–H and O–H groups in total. The van der Waals surface area contributed by atoms with Gasteiger partial charge in [0.1, 0.15) is 0 Å². The van der Waals surface area contributed by atoms with Gasteiger partial charge in [-0.15, -0.1) is 11.3 Å². The highest BCUT2D eigenvalue weighted by Crippen LogP contribution is 2.38. The molecule has 0 aliphatic carbocycles. The lowest BCUT2D eigenvalue weighted by Crippen LogP contribution is -2.74. The number of para-hydroxylation sites is 2. The quantitative estimate of drug-likeness (QED) is 0.137. The molecule has 0 radical (unpaired) electrons. The van der Waals surface area contributed by atoms with Crippen LogP contribution in [0.5, 0.6) is 0 Å². The predicted octanol–water partition coefficient (Wildman–Crippen LogP) is 8.53. The van der Waals surface area contributed by atoms with Gasteiger partial charge in [-0.3, -0.25) is 0 Å². The maximum absolute atomic E-state index is 2.81. The molecule has 9 aromatic rings. The Morgan fingerprint density at radius 1 is 0.400 bits per heavy atom. The third kappa shape index (κ3) is 3.91. The first kappa shape index (κ1) is 26.2. The third-order valence-corrected chi connectivity index (χ3v) is 15.5. The third-order valence-electron chi connectivity index (χ3n) is 9.33. The van der Waals surface area contributed by atoms with E-state index in [1.54, 1.807) is 0 Å². The van der Waals surface area contributed by atoms with Crippen LogP contribution in [0.1, 0.15) is 0 Å². The number of hydrogen-bond acceptors (Lipinski definition) is 1. The molecule has 2 heterocycles. The lowest BCUT2D eigenvalue weighted by molar-refractivity contribution is 1.19. The molecule has 0 spiro atoms. The first-order valence-corrected chi connectivity index (χ1v) is 18.3. The number of thiophene rings is 1. The number of rotatable bonds is 5. The molecule has 3 heteroatoms. The van der Waals surface area contributed by atoms with Crippen LogP contribution >= 0.6 is 11.3 Å². The van der Waals surface area contributed by atoms with E-state index in [0.29, 0.717) is 0 Å². The van der Waals surface area contributed by atoms with E-state index in [1.165, 1.54) is 68.4 Å². The van der Waals surface area contributed by atoms with Gasteiger partial charge < -0.3 is 4.57 Å². The molecule has 0 saturated carbocycles. The van der Waals surface area contributed by atoms with Crippen molar-refractivity contribution in [2.24, 2.45) is 0 Å². The van der Waals surface area contributed by atoms with Crippen LogP contribution in [0.15, 0.2) is 176 Å². The molecule has 45 heavy (non-hydrogen) atoms. The molecule has 0 saturated heterocycles. The van der Waals surface area contributed by atoms with Gasteiger partial charge in [0, 0.05) is 36.6 Å². The Bertz CT molecular complexity index is 2330.